The number of nitrogens with two attached hydrogens (primary N) is 1. The van der Waals surface area contributed by atoms with E-state index >= 15 is 0 Å². The standard InChI is InChI=1S/C20H19N3O3S/c1-26-18-11-13(12-5-2-3-6-14(12)22-18)20(25)23-10-4-7-15(23)16-8-9-17(27-16)19(21)24/h2-3,5-6,8-9,11,15H,4,7,10H2,1H3,(H2,21,24)/t15-/m0/s1. The number of fused-ring (bicyclic) bond motifs is 1. The number of aromatic nitrogens is 1. The zero-order chi connectivity index (χ0) is 19.0. The number of methoxy groups -OCH3 is 1. The molecule has 0 radical (unpaired) electrons. The number of rotatable bonds is 4. The lowest BCUT2D eigenvalue weighted by atomic mass is 10.1. The van der Waals surface area contributed by atoms with E-state index in [4.69, 9.17) is 10.5 Å². The maximum absolute atomic E-state index is 13.4. The van der Waals surface area contributed by atoms with Crippen molar-refractivity contribution in [3.63, 3.8) is 0 Å². The third-order valence-corrected chi connectivity index (χ3v) is 6.04. The highest BCUT2D eigenvalue weighted by molar-refractivity contribution is 7.14. The summed E-state index contributed by atoms with van der Waals surface area (Å²) < 4.78 is 5.29. The summed E-state index contributed by atoms with van der Waals surface area (Å²) in [5.41, 5.74) is 6.68. The van der Waals surface area contributed by atoms with Crippen molar-refractivity contribution >= 4 is 34.1 Å². The van der Waals surface area contributed by atoms with Gasteiger partial charge >= 0.3 is 0 Å². The van der Waals surface area contributed by atoms with Gasteiger partial charge in [-0.25, -0.2) is 4.98 Å². The van der Waals surface area contributed by atoms with E-state index in [1.165, 1.54) is 11.3 Å². The minimum absolute atomic E-state index is 0.0477. The van der Waals surface area contributed by atoms with E-state index in [1.807, 2.05) is 35.2 Å². The third-order valence-electron chi connectivity index (χ3n) is 4.84. The number of likely N-dealkylation sites (tertiary alicyclic amines) is 1. The average molecular weight is 381 g/mol. The van der Waals surface area contributed by atoms with Gasteiger partial charge in [0.15, 0.2) is 0 Å². The molecule has 0 bridgehead atoms. The molecule has 0 saturated carbocycles. The lowest BCUT2D eigenvalue weighted by Crippen LogP contribution is -2.30. The van der Waals surface area contributed by atoms with Crippen LogP contribution in [0, 0.1) is 0 Å². The van der Waals surface area contributed by atoms with Crippen molar-refractivity contribution in [2.24, 2.45) is 5.73 Å². The van der Waals surface area contributed by atoms with Gasteiger partial charge in [0.2, 0.25) is 5.88 Å². The van der Waals surface area contributed by atoms with Crippen molar-refractivity contribution in [3.8, 4) is 5.88 Å². The monoisotopic (exact) mass is 381 g/mol. The van der Waals surface area contributed by atoms with Gasteiger partial charge in [-0.3, -0.25) is 9.59 Å². The SMILES string of the molecule is COc1cc(C(=O)N2CCC[C@H]2c2ccc(C(N)=O)s2)c2ccccc2n1. The van der Waals surface area contributed by atoms with Gasteiger partial charge in [0, 0.05) is 22.9 Å². The molecule has 4 rings (SSSR count). The first-order valence-electron chi connectivity index (χ1n) is 8.73. The van der Waals surface area contributed by atoms with Gasteiger partial charge in [-0.15, -0.1) is 11.3 Å². The Hall–Kier alpha value is -2.93. The van der Waals surface area contributed by atoms with E-state index in [0.29, 0.717) is 22.9 Å². The fourth-order valence-electron chi connectivity index (χ4n) is 3.56. The van der Waals surface area contributed by atoms with Crippen LogP contribution in [-0.2, 0) is 0 Å². The van der Waals surface area contributed by atoms with Gasteiger partial charge < -0.3 is 15.4 Å². The van der Waals surface area contributed by atoms with E-state index in [9.17, 15) is 9.59 Å². The first-order valence-corrected chi connectivity index (χ1v) is 9.54. The predicted octanol–water partition coefficient (Wildman–Crippen LogP) is 3.38. The Morgan fingerprint density at radius 2 is 2.07 bits per heavy atom. The molecular formula is C20H19N3O3S. The Labute approximate surface area is 160 Å². The fourth-order valence-corrected chi connectivity index (χ4v) is 4.57. The van der Waals surface area contributed by atoms with Gasteiger partial charge in [-0.05, 0) is 31.0 Å². The molecule has 27 heavy (non-hydrogen) atoms. The number of carbonyl (C=O) groups excluding carboxylic acids is 2. The van der Waals surface area contributed by atoms with Crippen molar-refractivity contribution in [3.05, 3.63) is 57.8 Å². The van der Waals surface area contributed by atoms with E-state index in [-0.39, 0.29) is 11.9 Å². The molecule has 6 nitrogen and oxygen atoms in total. The lowest BCUT2D eigenvalue weighted by Gasteiger charge is -2.24. The largest absolute Gasteiger partial charge is 0.481 e. The van der Waals surface area contributed by atoms with Crippen LogP contribution in [0.3, 0.4) is 0 Å². The molecule has 0 aliphatic carbocycles. The molecule has 138 valence electrons. The number of benzene rings is 1. The molecule has 1 aliphatic heterocycles. The summed E-state index contributed by atoms with van der Waals surface area (Å²) in [5.74, 6) is -0.0738. The maximum Gasteiger partial charge on any atom is 0.258 e. The second-order valence-electron chi connectivity index (χ2n) is 6.45. The molecule has 1 aromatic carbocycles. The number of thiophene rings is 1. The van der Waals surface area contributed by atoms with Crippen LogP contribution < -0.4 is 10.5 Å². The molecule has 2 amide bonds. The molecule has 2 N–H and O–H groups in total. The van der Waals surface area contributed by atoms with Crippen LogP contribution >= 0.6 is 11.3 Å². The van der Waals surface area contributed by atoms with E-state index < -0.39 is 5.91 Å². The van der Waals surface area contributed by atoms with Crippen LogP contribution in [0.25, 0.3) is 10.9 Å². The van der Waals surface area contributed by atoms with Crippen molar-refractivity contribution < 1.29 is 14.3 Å². The number of nitrogens with zero attached hydrogens (tertiary/aromatic N) is 2. The minimum Gasteiger partial charge on any atom is -0.481 e. The number of hydrogen-bond donors (Lipinski definition) is 1. The normalized spacial score (nSPS) is 16.6. The van der Waals surface area contributed by atoms with E-state index in [1.54, 1.807) is 19.2 Å². The molecule has 2 aromatic heterocycles. The van der Waals surface area contributed by atoms with E-state index in [2.05, 4.69) is 4.98 Å². The number of amides is 2. The number of ether oxygens (including phenoxy) is 1. The Morgan fingerprint density at radius 1 is 1.26 bits per heavy atom. The Morgan fingerprint density at radius 3 is 2.81 bits per heavy atom. The number of hydrogen-bond acceptors (Lipinski definition) is 5. The first kappa shape index (κ1) is 17.5. The highest BCUT2D eigenvalue weighted by atomic mass is 32.1. The molecule has 0 unspecified atom stereocenters. The highest BCUT2D eigenvalue weighted by Crippen LogP contribution is 2.37. The molecular weight excluding hydrogens is 362 g/mol. The minimum atomic E-state index is -0.438. The summed E-state index contributed by atoms with van der Waals surface area (Å²) in [6.45, 7) is 0.673. The Bertz CT molecular complexity index is 1030. The lowest BCUT2D eigenvalue weighted by molar-refractivity contribution is 0.0739. The number of primary amides is 1. The summed E-state index contributed by atoms with van der Waals surface area (Å²) in [6, 6.07) is 12.8. The molecule has 1 saturated heterocycles. The van der Waals surface area contributed by atoms with Crippen molar-refractivity contribution in [2.75, 3.05) is 13.7 Å². The highest BCUT2D eigenvalue weighted by Gasteiger charge is 2.33. The van der Waals surface area contributed by atoms with Crippen LogP contribution in [0.5, 0.6) is 5.88 Å². The van der Waals surface area contributed by atoms with E-state index in [0.717, 1.165) is 28.6 Å². The summed E-state index contributed by atoms with van der Waals surface area (Å²) >= 11 is 1.36. The van der Waals surface area contributed by atoms with Crippen molar-refractivity contribution in [1.82, 2.24) is 9.88 Å². The summed E-state index contributed by atoms with van der Waals surface area (Å²) in [5, 5.41) is 0.804. The van der Waals surface area contributed by atoms with Crippen LogP contribution in [-0.4, -0.2) is 35.4 Å². The molecule has 0 spiro atoms. The number of para-hydroxylation sites is 1. The van der Waals surface area contributed by atoms with Gasteiger partial charge in [0.1, 0.15) is 0 Å². The third kappa shape index (κ3) is 3.14. The summed E-state index contributed by atoms with van der Waals surface area (Å²) in [7, 11) is 1.54. The number of carbonyl (C=O) groups is 2. The molecule has 1 fully saturated rings. The van der Waals surface area contributed by atoms with Gasteiger partial charge in [0.25, 0.3) is 11.8 Å². The summed E-state index contributed by atoms with van der Waals surface area (Å²) in [6.07, 6.45) is 1.78. The zero-order valence-corrected chi connectivity index (χ0v) is 15.7. The second kappa shape index (κ2) is 7.00. The van der Waals surface area contributed by atoms with Crippen LogP contribution in [0.15, 0.2) is 42.5 Å². The second-order valence-corrected chi connectivity index (χ2v) is 7.57. The Balaban J connectivity index is 1.73. The Kier molecular flexibility index (Phi) is 4.53. The smallest absolute Gasteiger partial charge is 0.258 e. The molecule has 7 heteroatoms. The number of pyridine rings is 1. The topological polar surface area (TPSA) is 85.5 Å². The predicted molar refractivity (Wildman–Crippen MR) is 104 cm³/mol. The zero-order valence-electron chi connectivity index (χ0n) is 14.8. The van der Waals surface area contributed by atoms with Crippen LogP contribution in [0.1, 0.15) is 43.8 Å². The van der Waals surface area contributed by atoms with Gasteiger partial charge in [-0.1, -0.05) is 18.2 Å². The van der Waals surface area contributed by atoms with Crippen LogP contribution in [0.2, 0.25) is 0 Å². The molecule has 1 atom stereocenters. The van der Waals surface area contributed by atoms with Gasteiger partial charge in [-0.2, -0.15) is 0 Å². The first-order chi connectivity index (χ1) is 13.1. The van der Waals surface area contributed by atoms with Gasteiger partial charge in [0.05, 0.1) is 29.1 Å². The fraction of sp³-hybridized carbons (Fsp3) is 0.250. The van der Waals surface area contributed by atoms with Crippen molar-refractivity contribution in [2.45, 2.75) is 18.9 Å². The summed E-state index contributed by atoms with van der Waals surface area (Å²) in [4.78, 5) is 32.6. The average Bonchev–Trinajstić information content (AvgIpc) is 3.35. The van der Waals surface area contributed by atoms with Crippen LogP contribution in [0.4, 0.5) is 0 Å². The van der Waals surface area contributed by atoms with Crippen molar-refractivity contribution in [1.29, 1.82) is 0 Å². The molecule has 3 aromatic rings. The molecule has 3 heterocycles. The maximum atomic E-state index is 13.4. The quantitative estimate of drug-likeness (QED) is 0.751. The molecule has 1 aliphatic rings.